The monoisotopic (exact) mass is 325 g/mol. The standard InChI is InChI=1S/C10H8BrN5O3/c11-8-9(15-12)13-5-14-10(8)19-7-3-1-6(2-4-7)16(17)18/h1-5H,12H2,(H,13,14,15). The Morgan fingerprint density at radius 1 is 1.32 bits per heavy atom. The van der Waals surface area contributed by atoms with E-state index in [2.05, 4.69) is 31.3 Å². The second-order valence-electron chi connectivity index (χ2n) is 3.34. The number of benzene rings is 1. The number of nitro groups is 1. The van der Waals surface area contributed by atoms with E-state index in [4.69, 9.17) is 10.6 Å². The predicted molar refractivity (Wildman–Crippen MR) is 70.7 cm³/mol. The maximum Gasteiger partial charge on any atom is 0.269 e. The Labute approximate surface area is 115 Å². The molecule has 0 amide bonds. The Hall–Kier alpha value is -2.26. The predicted octanol–water partition coefficient (Wildman–Crippen LogP) is 2.23. The Morgan fingerprint density at radius 3 is 2.58 bits per heavy atom. The van der Waals surface area contributed by atoms with Crippen LogP contribution in [0.4, 0.5) is 11.5 Å². The SMILES string of the molecule is NNc1ncnc(Oc2ccc([N+](=O)[O-])cc2)c1Br. The third-order valence-corrected chi connectivity index (χ3v) is 2.87. The number of nitro benzene ring substituents is 1. The molecule has 1 aromatic heterocycles. The molecule has 2 aromatic rings. The summed E-state index contributed by atoms with van der Waals surface area (Å²) in [5.74, 6) is 6.29. The normalized spacial score (nSPS) is 10.0. The second kappa shape index (κ2) is 5.59. The first-order valence-electron chi connectivity index (χ1n) is 5.01. The van der Waals surface area contributed by atoms with Crippen molar-refractivity contribution in [3.8, 4) is 11.6 Å². The third kappa shape index (κ3) is 2.95. The van der Waals surface area contributed by atoms with Crippen LogP contribution in [0.3, 0.4) is 0 Å². The summed E-state index contributed by atoms with van der Waals surface area (Å²) in [5.41, 5.74) is 2.36. The molecule has 98 valence electrons. The Morgan fingerprint density at radius 2 is 2.00 bits per heavy atom. The van der Waals surface area contributed by atoms with E-state index in [9.17, 15) is 10.1 Å². The summed E-state index contributed by atoms with van der Waals surface area (Å²) >= 11 is 3.24. The van der Waals surface area contributed by atoms with Gasteiger partial charge in [0.2, 0.25) is 5.88 Å². The summed E-state index contributed by atoms with van der Waals surface area (Å²) < 4.78 is 5.92. The molecule has 0 aliphatic carbocycles. The molecule has 0 bridgehead atoms. The fraction of sp³-hybridized carbons (Fsp3) is 0. The molecule has 0 saturated heterocycles. The highest BCUT2D eigenvalue weighted by molar-refractivity contribution is 9.10. The summed E-state index contributed by atoms with van der Waals surface area (Å²) in [5, 5.41) is 10.5. The quantitative estimate of drug-likeness (QED) is 0.502. The molecule has 1 heterocycles. The second-order valence-corrected chi connectivity index (χ2v) is 4.13. The molecule has 0 atom stereocenters. The van der Waals surface area contributed by atoms with E-state index in [0.29, 0.717) is 16.0 Å². The van der Waals surface area contributed by atoms with Gasteiger partial charge in [0.15, 0.2) is 5.82 Å². The number of nitrogens with zero attached hydrogens (tertiary/aromatic N) is 3. The van der Waals surface area contributed by atoms with Crippen molar-refractivity contribution in [3.05, 3.63) is 45.2 Å². The Bertz CT molecular complexity index is 605. The lowest BCUT2D eigenvalue weighted by Crippen LogP contribution is -2.09. The van der Waals surface area contributed by atoms with Crippen molar-refractivity contribution in [1.29, 1.82) is 0 Å². The first-order valence-corrected chi connectivity index (χ1v) is 5.80. The van der Waals surface area contributed by atoms with Crippen molar-refractivity contribution in [2.45, 2.75) is 0 Å². The number of nitrogens with one attached hydrogen (secondary N) is 1. The van der Waals surface area contributed by atoms with Gasteiger partial charge < -0.3 is 10.2 Å². The zero-order valence-electron chi connectivity index (χ0n) is 9.41. The molecule has 19 heavy (non-hydrogen) atoms. The smallest absolute Gasteiger partial charge is 0.269 e. The van der Waals surface area contributed by atoms with Crippen LogP contribution in [0.5, 0.6) is 11.6 Å². The van der Waals surface area contributed by atoms with Crippen LogP contribution in [-0.4, -0.2) is 14.9 Å². The van der Waals surface area contributed by atoms with E-state index < -0.39 is 4.92 Å². The van der Waals surface area contributed by atoms with E-state index in [0.717, 1.165) is 0 Å². The van der Waals surface area contributed by atoms with Gasteiger partial charge in [0.05, 0.1) is 4.92 Å². The number of nitrogen functional groups attached to an aromatic ring is 1. The van der Waals surface area contributed by atoms with E-state index in [1.54, 1.807) is 0 Å². The van der Waals surface area contributed by atoms with Crippen LogP contribution in [0, 0.1) is 10.1 Å². The Balaban J connectivity index is 2.24. The average molecular weight is 326 g/mol. The molecule has 0 aliphatic heterocycles. The number of ether oxygens (including phenoxy) is 1. The average Bonchev–Trinajstić information content (AvgIpc) is 2.42. The van der Waals surface area contributed by atoms with Crippen molar-refractivity contribution in [1.82, 2.24) is 9.97 Å². The van der Waals surface area contributed by atoms with Gasteiger partial charge in [-0.05, 0) is 28.1 Å². The molecule has 0 fully saturated rings. The largest absolute Gasteiger partial charge is 0.438 e. The number of aromatic nitrogens is 2. The number of nitrogens with two attached hydrogens (primary N) is 1. The molecule has 0 radical (unpaired) electrons. The molecule has 0 aliphatic rings. The minimum absolute atomic E-state index is 0.0154. The van der Waals surface area contributed by atoms with Crippen LogP contribution in [-0.2, 0) is 0 Å². The summed E-state index contributed by atoms with van der Waals surface area (Å²) in [6.07, 6.45) is 1.28. The molecule has 0 spiro atoms. The number of hydrogen-bond donors (Lipinski definition) is 2. The van der Waals surface area contributed by atoms with E-state index in [1.165, 1.54) is 30.6 Å². The van der Waals surface area contributed by atoms with Gasteiger partial charge in [-0.2, -0.15) is 0 Å². The highest BCUT2D eigenvalue weighted by Crippen LogP contribution is 2.31. The zero-order chi connectivity index (χ0) is 13.8. The first-order chi connectivity index (χ1) is 9.11. The highest BCUT2D eigenvalue weighted by atomic mass is 79.9. The molecule has 9 heteroatoms. The van der Waals surface area contributed by atoms with Crippen molar-refractivity contribution in [2.75, 3.05) is 5.43 Å². The van der Waals surface area contributed by atoms with Crippen LogP contribution in [0.2, 0.25) is 0 Å². The molecular weight excluding hydrogens is 318 g/mol. The van der Waals surface area contributed by atoms with Crippen LogP contribution in [0.15, 0.2) is 35.1 Å². The van der Waals surface area contributed by atoms with Gasteiger partial charge in [-0.1, -0.05) is 0 Å². The van der Waals surface area contributed by atoms with E-state index in [1.807, 2.05) is 0 Å². The third-order valence-electron chi connectivity index (χ3n) is 2.16. The number of hydrazine groups is 1. The van der Waals surface area contributed by atoms with Gasteiger partial charge in [0.25, 0.3) is 5.69 Å². The van der Waals surface area contributed by atoms with Crippen molar-refractivity contribution in [2.24, 2.45) is 5.84 Å². The zero-order valence-corrected chi connectivity index (χ0v) is 11.0. The number of hydrogen-bond acceptors (Lipinski definition) is 7. The van der Waals surface area contributed by atoms with Gasteiger partial charge >= 0.3 is 0 Å². The van der Waals surface area contributed by atoms with Crippen molar-refractivity contribution < 1.29 is 9.66 Å². The number of halogens is 1. The maximum atomic E-state index is 10.5. The van der Waals surface area contributed by atoms with Gasteiger partial charge in [-0.15, -0.1) is 0 Å². The van der Waals surface area contributed by atoms with Crippen LogP contribution < -0.4 is 16.0 Å². The minimum atomic E-state index is -0.485. The molecule has 8 nitrogen and oxygen atoms in total. The lowest BCUT2D eigenvalue weighted by atomic mass is 10.3. The minimum Gasteiger partial charge on any atom is -0.438 e. The molecule has 0 unspecified atom stereocenters. The lowest BCUT2D eigenvalue weighted by molar-refractivity contribution is -0.384. The van der Waals surface area contributed by atoms with Gasteiger partial charge in [0, 0.05) is 12.1 Å². The van der Waals surface area contributed by atoms with Crippen molar-refractivity contribution in [3.63, 3.8) is 0 Å². The van der Waals surface area contributed by atoms with Gasteiger partial charge in [-0.3, -0.25) is 10.1 Å². The van der Waals surface area contributed by atoms with Crippen molar-refractivity contribution >= 4 is 27.4 Å². The fourth-order valence-electron chi connectivity index (χ4n) is 1.27. The summed E-state index contributed by atoms with van der Waals surface area (Å²) in [4.78, 5) is 17.8. The van der Waals surface area contributed by atoms with Gasteiger partial charge in [-0.25, -0.2) is 15.8 Å². The summed E-state index contributed by atoms with van der Waals surface area (Å²) in [7, 11) is 0. The topological polar surface area (TPSA) is 116 Å². The van der Waals surface area contributed by atoms with E-state index in [-0.39, 0.29) is 11.6 Å². The van der Waals surface area contributed by atoms with Crippen LogP contribution in [0.25, 0.3) is 0 Å². The number of non-ortho nitro benzene ring substituents is 1. The van der Waals surface area contributed by atoms with E-state index >= 15 is 0 Å². The fourth-order valence-corrected chi connectivity index (χ4v) is 1.67. The molecular formula is C10H8BrN5O3. The maximum absolute atomic E-state index is 10.5. The summed E-state index contributed by atoms with van der Waals surface area (Å²) in [6, 6.07) is 5.63. The van der Waals surface area contributed by atoms with Gasteiger partial charge in [0.1, 0.15) is 16.5 Å². The van der Waals surface area contributed by atoms with Crippen LogP contribution in [0.1, 0.15) is 0 Å². The lowest BCUT2D eigenvalue weighted by Gasteiger charge is -2.08. The highest BCUT2D eigenvalue weighted by Gasteiger charge is 2.11. The Kier molecular flexibility index (Phi) is 3.88. The molecule has 2 rings (SSSR count). The molecule has 0 saturated carbocycles. The number of rotatable bonds is 4. The molecule has 3 N–H and O–H groups in total. The molecule has 1 aromatic carbocycles. The number of anilines is 1. The van der Waals surface area contributed by atoms with Crippen LogP contribution >= 0.6 is 15.9 Å². The first kappa shape index (κ1) is 13.2. The summed E-state index contributed by atoms with van der Waals surface area (Å²) in [6.45, 7) is 0.